The van der Waals surface area contributed by atoms with E-state index in [2.05, 4.69) is 0 Å². The lowest BCUT2D eigenvalue weighted by molar-refractivity contribution is -0.138. The molecule has 6 heteroatoms. The first kappa shape index (κ1) is 20.8. The number of halogens is 1. The van der Waals surface area contributed by atoms with Crippen LogP contribution in [-0.4, -0.2) is 55.9 Å². The topological polar surface area (TPSA) is 64.8 Å². The molecule has 1 aromatic rings. The third-order valence-corrected chi connectivity index (χ3v) is 6.92. The summed E-state index contributed by atoms with van der Waals surface area (Å²) in [6, 6.07) is 7.06. The molecule has 3 unspecified atom stereocenters. The summed E-state index contributed by atoms with van der Waals surface area (Å²) in [6.45, 7) is 3.29. The highest BCUT2D eigenvalue weighted by Crippen LogP contribution is 2.34. The van der Waals surface area contributed by atoms with Crippen LogP contribution in [-0.2, 0) is 14.3 Å². The van der Waals surface area contributed by atoms with Crippen LogP contribution in [0.15, 0.2) is 24.3 Å². The summed E-state index contributed by atoms with van der Waals surface area (Å²) in [7, 11) is 0. The monoisotopic (exact) mass is 404 g/mol. The van der Waals surface area contributed by atoms with Gasteiger partial charge in [0.25, 0.3) is 0 Å². The number of likely N-dealkylation sites (tertiary alicyclic amines) is 1. The van der Waals surface area contributed by atoms with Crippen molar-refractivity contribution in [2.75, 3.05) is 32.9 Å². The zero-order valence-electron chi connectivity index (χ0n) is 17.1. The van der Waals surface area contributed by atoms with Crippen LogP contribution in [0.25, 0.3) is 0 Å². The predicted molar refractivity (Wildman–Crippen MR) is 109 cm³/mol. The van der Waals surface area contributed by atoms with E-state index in [0.717, 1.165) is 50.6 Å². The van der Waals surface area contributed by atoms with Crippen molar-refractivity contribution in [3.8, 4) is 0 Å². The van der Waals surface area contributed by atoms with Gasteiger partial charge < -0.3 is 20.1 Å². The maximum Gasteiger partial charge on any atom is 0.228 e. The van der Waals surface area contributed by atoms with Crippen molar-refractivity contribution in [1.29, 1.82) is 0 Å². The van der Waals surface area contributed by atoms with Crippen LogP contribution in [0, 0.1) is 17.7 Å². The Labute approximate surface area is 172 Å². The van der Waals surface area contributed by atoms with Crippen LogP contribution in [0.3, 0.4) is 0 Å². The molecule has 2 N–H and O–H groups in total. The van der Waals surface area contributed by atoms with E-state index >= 15 is 0 Å². The molecule has 5 nitrogen and oxygen atoms in total. The molecule has 29 heavy (non-hydrogen) atoms. The van der Waals surface area contributed by atoms with Gasteiger partial charge in [-0.25, -0.2) is 4.39 Å². The van der Waals surface area contributed by atoms with E-state index in [-0.39, 0.29) is 35.7 Å². The molecule has 1 aliphatic carbocycles. The number of hydrogen-bond donors (Lipinski definition) is 1. The zero-order chi connectivity index (χ0) is 20.2. The Balaban J connectivity index is 1.23. The smallest absolute Gasteiger partial charge is 0.228 e. The number of ether oxygens (including phenoxy) is 2. The minimum Gasteiger partial charge on any atom is -0.381 e. The SMILES string of the molecule is NC1CCN(C(=O)C2CCOC2)CC1COC1CCC(c2cccc(F)c2)CC1. The molecule has 4 rings (SSSR count). The number of carbonyl (C=O) groups is 1. The number of benzene rings is 1. The molecule has 0 radical (unpaired) electrons. The summed E-state index contributed by atoms with van der Waals surface area (Å²) >= 11 is 0. The molecule has 1 amide bonds. The highest BCUT2D eigenvalue weighted by molar-refractivity contribution is 5.79. The van der Waals surface area contributed by atoms with E-state index in [0.29, 0.717) is 32.3 Å². The molecular formula is C23H33FN2O3. The molecule has 1 saturated carbocycles. The van der Waals surface area contributed by atoms with Crippen molar-refractivity contribution in [3.63, 3.8) is 0 Å². The van der Waals surface area contributed by atoms with Gasteiger partial charge in [0, 0.05) is 31.7 Å². The molecule has 2 aliphatic heterocycles. The first-order valence-corrected chi connectivity index (χ1v) is 11.1. The average Bonchev–Trinajstić information content (AvgIpc) is 3.28. The van der Waals surface area contributed by atoms with Gasteiger partial charge in [0.2, 0.25) is 5.91 Å². The van der Waals surface area contributed by atoms with Crippen molar-refractivity contribution < 1.29 is 18.7 Å². The van der Waals surface area contributed by atoms with Crippen LogP contribution in [0.1, 0.15) is 50.0 Å². The van der Waals surface area contributed by atoms with Gasteiger partial charge in [-0.1, -0.05) is 12.1 Å². The normalized spacial score (nSPS) is 33.0. The molecule has 3 atom stereocenters. The van der Waals surface area contributed by atoms with Crippen LogP contribution in [0.5, 0.6) is 0 Å². The van der Waals surface area contributed by atoms with Crippen molar-refractivity contribution in [3.05, 3.63) is 35.6 Å². The Kier molecular flexibility index (Phi) is 6.83. The lowest BCUT2D eigenvalue weighted by atomic mass is 9.82. The third kappa shape index (κ3) is 5.16. The summed E-state index contributed by atoms with van der Waals surface area (Å²) in [6.07, 6.45) is 5.93. The number of piperidine rings is 1. The number of nitrogens with two attached hydrogens (primary N) is 1. The van der Waals surface area contributed by atoms with E-state index in [1.165, 1.54) is 6.07 Å². The summed E-state index contributed by atoms with van der Waals surface area (Å²) in [5.74, 6) is 0.689. The largest absolute Gasteiger partial charge is 0.381 e. The summed E-state index contributed by atoms with van der Waals surface area (Å²) in [5.41, 5.74) is 7.44. The molecule has 0 aromatic heterocycles. The van der Waals surface area contributed by atoms with E-state index in [4.69, 9.17) is 15.2 Å². The fourth-order valence-corrected chi connectivity index (χ4v) is 5.00. The third-order valence-electron chi connectivity index (χ3n) is 6.92. The van der Waals surface area contributed by atoms with Gasteiger partial charge in [-0.05, 0) is 62.1 Å². The Hall–Kier alpha value is -1.50. The minimum absolute atomic E-state index is 0.0176. The van der Waals surface area contributed by atoms with Crippen LogP contribution < -0.4 is 5.73 Å². The number of nitrogens with zero attached hydrogens (tertiary/aromatic N) is 1. The van der Waals surface area contributed by atoms with E-state index < -0.39 is 0 Å². The van der Waals surface area contributed by atoms with Crippen LogP contribution in [0.2, 0.25) is 0 Å². The molecule has 0 bridgehead atoms. The molecule has 160 valence electrons. The molecule has 1 aromatic carbocycles. The van der Waals surface area contributed by atoms with Crippen molar-refractivity contribution in [2.45, 2.75) is 56.6 Å². The average molecular weight is 405 g/mol. The van der Waals surface area contributed by atoms with Crippen LogP contribution in [0.4, 0.5) is 4.39 Å². The highest BCUT2D eigenvalue weighted by Gasteiger charge is 2.34. The van der Waals surface area contributed by atoms with Crippen molar-refractivity contribution in [1.82, 2.24) is 4.90 Å². The predicted octanol–water partition coefficient (Wildman–Crippen LogP) is 3.08. The standard InChI is InChI=1S/C23H33FN2O3/c24-20-3-1-2-17(12-20)16-4-6-21(7-5-16)29-15-19-13-26(10-8-22(19)25)23(27)18-9-11-28-14-18/h1-3,12,16,18-19,21-22H,4-11,13-15,25H2. The zero-order valence-corrected chi connectivity index (χ0v) is 17.1. The maximum absolute atomic E-state index is 13.5. The highest BCUT2D eigenvalue weighted by atomic mass is 19.1. The summed E-state index contributed by atoms with van der Waals surface area (Å²) in [5, 5.41) is 0. The number of carbonyl (C=O) groups excluding carboxylic acids is 1. The lowest BCUT2D eigenvalue weighted by Gasteiger charge is -2.39. The van der Waals surface area contributed by atoms with Crippen molar-refractivity contribution in [2.24, 2.45) is 17.6 Å². The quantitative estimate of drug-likeness (QED) is 0.819. The molecule has 3 aliphatic rings. The summed E-state index contributed by atoms with van der Waals surface area (Å²) in [4.78, 5) is 14.7. The molecular weight excluding hydrogens is 371 g/mol. The molecule has 2 saturated heterocycles. The minimum atomic E-state index is -0.157. The second kappa shape index (κ2) is 9.54. The fraction of sp³-hybridized carbons (Fsp3) is 0.696. The molecule has 2 heterocycles. The van der Waals surface area contributed by atoms with Gasteiger partial charge in [-0.3, -0.25) is 4.79 Å². The Morgan fingerprint density at radius 3 is 2.76 bits per heavy atom. The maximum atomic E-state index is 13.5. The van der Waals surface area contributed by atoms with Gasteiger partial charge in [-0.15, -0.1) is 0 Å². The second-order valence-electron chi connectivity index (χ2n) is 8.92. The van der Waals surface area contributed by atoms with Crippen molar-refractivity contribution >= 4 is 5.91 Å². The number of rotatable bonds is 5. The summed E-state index contributed by atoms with van der Waals surface area (Å²) < 4.78 is 25.1. The van der Waals surface area contributed by atoms with Gasteiger partial charge in [0.15, 0.2) is 0 Å². The van der Waals surface area contributed by atoms with Gasteiger partial charge in [0.1, 0.15) is 5.82 Å². The Morgan fingerprint density at radius 1 is 1.21 bits per heavy atom. The lowest BCUT2D eigenvalue weighted by Crippen LogP contribution is -2.52. The number of amides is 1. The van der Waals surface area contributed by atoms with E-state index in [9.17, 15) is 9.18 Å². The van der Waals surface area contributed by atoms with E-state index in [1.807, 2.05) is 11.0 Å². The second-order valence-corrected chi connectivity index (χ2v) is 8.92. The Bertz CT molecular complexity index is 686. The van der Waals surface area contributed by atoms with Crippen LogP contribution >= 0.6 is 0 Å². The van der Waals surface area contributed by atoms with Gasteiger partial charge >= 0.3 is 0 Å². The fourth-order valence-electron chi connectivity index (χ4n) is 5.00. The number of hydrogen-bond acceptors (Lipinski definition) is 4. The van der Waals surface area contributed by atoms with Gasteiger partial charge in [-0.2, -0.15) is 0 Å². The Morgan fingerprint density at radius 2 is 2.03 bits per heavy atom. The molecule has 3 fully saturated rings. The van der Waals surface area contributed by atoms with Gasteiger partial charge in [0.05, 0.1) is 25.2 Å². The first-order valence-electron chi connectivity index (χ1n) is 11.1. The molecule has 0 spiro atoms. The first-order chi connectivity index (χ1) is 14.1. The van der Waals surface area contributed by atoms with E-state index in [1.54, 1.807) is 12.1 Å².